The molecule has 1 amide bonds. The first-order valence-corrected chi connectivity index (χ1v) is 18.7. The molecule has 14 heteroatoms. The first kappa shape index (κ1) is 38.2. The number of halogens is 5. The van der Waals surface area contributed by atoms with Crippen LogP contribution >= 0.6 is 23.2 Å². The Kier molecular flexibility index (Phi) is 11.9. The van der Waals surface area contributed by atoms with E-state index in [4.69, 9.17) is 46.9 Å². The van der Waals surface area contributed by atoms with Gasteiger partial charge in [0.25, 0.3) is 0 Å². The van der Waals surface area contributed by atoms with Gasteiger partial charge in [0.05, 0.1) is 34.5 Å². The molecule has 5 heterocycles. The third-order valence-electron chi connectivity index (χ3n) is 9.82. The van der Waals surface area contributed by atoms with E-state index in [1.54, 1.807) is 38.1 Å². The fourth-order valence-corrected chi connectivity index (χ4v) is 7.64. The van der Waals surface area contributed by atoms with E-state index in [1.807, 2.05) is 24.3 Å². The van der Waals surface area contributed by atoms with Crippen LogP contribution in [0, 0.1) is 11.7 Å². The first-order chi connectivity index (χ1) is 26.0. The van der Waals surface area contributed by atoms with E-state index in [2.05, 4.69) is 9.88 Å². The predicted molar refractivity (Wildman–Crippen MR) is 197 cm³/mol. The summed E-state index contributed by atoms with van der Waals surface area (Å²) in [5.74, 6) is -0.137. The molecule has 286 valence electrons. The number of carbonyl (C=O) groups excluding carboxylic acids is 1. The van der Waals surface area contributed by atoms with Crippen molar-refractivity contribution in [3.8, 4) is 11.5 Å². The maximum atomic E-state index is 14.4. The number of piperidine rings is 3. The lowest BCUT2D eigenvalue weighted by molar-refractivity contribution is -0.0520. The van der Waals surface area contributed by atoms with Crippen molar-refractivity contribution in [3.05, 3.63) is 117 Å². The number of hydrogen-bond acceptors (Lipinski definition) is 8. The highest BCUT2D eigenvalue weighted by molar-refractivity contribution is 6.35. The van der Waals surface area contributed by atoms with Crippen molar-refractivity contribution in [1.29, 1.82) is 0 Å². The van der Waals surface area contributed by atoms with Gasteiger partial charge in [0.1, 0.15) is 18.0 Å². The van der Waals surface area contributed by atoms with E-state index in [1.165, 1.54) is 35.5 Å². The molecule has 4 saturated heterocycles. The van der Waals surface area contributed by atoms with E-state index in [0.717, 1.165) is 37.1 Å². The van der Waals surface area contributed by atoms with Crippen LogP contribution in [0.2, 0.25) is 10.0 Å². The molecule has 54 heavy (non-hydrogen) atoms. The summed E-state index contributed by atoms with van der Waals surface area (Å²) in [6, 6.07) is 18.1. The number of ether oxygens (including phenoxy) is 5. The molecule has 9 nitrogen and oxygen atoms in total. The van der Waals surface area contributed by atoms with Gasteiger partial charge in [-0.1, -0.05) is 59.6 Å². The Morgan fingerprint density at radius 3 is 2.43 bits per heavy atom. The number of carbonyl (C=O) groups is 1. The molecule has 1 aromatic heterocycles. The van der Waals surface area contributed by atoms with Crippen LogP contribution in [-0.2, 0) is 27.2 Å². The van der Waals surface area contributed by atoms with Crippen LogP contribution in [0.15, 0.2) is 79.1 Å². The average molecular weight is 787 g/mol. The summed E-state index contributed by atoms with van der Waals surface area (Å²) >= 11 is 13.0. The van der Waals surface area contributed by atoms with E-state index >= 15 is 0 Å². The number of aromatic nitrogens is 1. The average Bonchev–Trinajstić information content (AvgIpc) is 3.92. The second-order valence-electron chi connectivity index (χ2n) is 14.0. The molecule has 0 radical (unpaired) electrons. The normalized spacial score (nSPS) is 22.3. The lowest BCUT2D eigenvalue weighted by Gasteiger charge is -2.44. The fraction of sp³-hybridized carbons (Fsp3) is 0.400. The Morgan fingerprint density at radius 2 is 1.74 bits per heavy atom. The van der Waals surface area contributed by atoms with Gasteiger partial charge >= 0.3 is 12.7 Å². The Balaban J connectivity index is 1.11. The monoisotopic (exact) mass is 785 g/mol. The minimum atomic E-state index is -3.04. The molecule has 4 fully saturated rings. The number of epoxide rings is 1. The number of benzene rings is 3. The Labute approximate surface area is 321 Å². The highest BCUT2D eigenvalue weighted by Crippen LogP contribution is 2.45. The number of rotatable bonds is 14. The molecular weight excluding hydrogens is 746 g/mol. The van der Waals surface area contributed by atoms with Crippen molar-refractivity contribution in [3.63, 3.8) is 0 Å². The maximum absolute atomic E-state index is 14.4. The summed E-state index contributed by atoms with van der Waals surface area (Å²) < 4.78 is 70.1. The van der Waals surface area contributed by atoms with Gasteiger partial charge in [-0.3, -0.25) is 14.8 Å². The van der Waals surface area contributed by atoms with Gasteiger partial charge in [0.15, 0.2) is 17.8 Å². The summed E-state index contributed by atoms with van der Waals surface area (Å²) in [6.45, 7) is 3.36. The SMILES string of the molecule is CC(C)Oc1cc([C@H](Cc2c(Cl)cncc2Cl)OC2OC2c2cccc(CN(C(=O)O[C@H]3CN4CCC3CC4)c3cccc(F)c3)c2)ccc1OC(F)F. The molecule has 0 saturated carbocycles. The Bertz CT molecular complexity index is 1930. The molecule has 4 atom stereocenters. The van der Waals surface area contributed by atoms with Crippen LogP contribution in [0.4, 0.5) is 23.7 Å². The van der Waals surface area contributed by atoms with Gasteiger partial charge in [-0.15, -0.1) is 0 Å². The van der Waals surface area contributed by atoms with E-state index in [-0.39, 0.29) is 36.7 Å². The van der Waals surface area contributed by atoms with E-state index in [0.29, 0.717) is 39.3 Å². The molecule has 0 N–H and O–H groups in total. The van der Waals surface area contributed by atoms with Gasteiger partial charge in [0.2, 0.25) is 0 Å². The molecule has 4 aliphatic heterocycles. The maximum Gasteiger partial charge on any atom is 0.414 e. The fourth-order valence-electron chi connectivity index (χ4n) is 7.12. The number of alkyl halides is 2. The highest BCUT2D eigenvalue weighted by atomic mass is 35.5. The van der Waals surface area contributed by atoms with Gasteiger partial charge < -0.3 is 23.7 Å². The molecular formula is C40H40Cl2F3N3O6. The lowest BCUT2D eigenvalue weighted by atomic mass is 9.86. The van der Waals surface area contributed by atoms with Crippen LogP contribution in [0.1, 0.15) is 61.2 Å². The van der Waals surface area contributed by atoms with E-state index in [9.17, 15) is 18.0 Å². The van der Waals surface area contributed by atoms with Crippen LogP contribution in [0.25, 0.3) is 0 Å². The Hall–Kier alpha value is -4.07. The summed E-state index contributed by atoms with van der Waals surface area (Å²) in [7, 11) is 0. The van der Waals surface area contributed by atoms with Crippen LogP contribution < -0.4 is 14.4 Å². The quantitative estimate of drug-likeness (QED) is 0.117. The number of fused-ring (bicyclic) bond motifs is 3. The standard InChI is InChI=1S/C40H40Cl2F3N3O6/c1-23(2)50-35-16-26(9-10-33(35)52-39(44)45)34(18-30-31(41)19-46-20-32(30)42)51-38-37(54-38)27-6-3-5-24(15-27)21-48(29-8-4-7-28(43)17-29)40(49)53-36-22-47-13-11-25(36)12-14-47/h3-10,15-17,19-20,23,25,34,36-39H,11-14,18,21-22H2,1-2H3/t34-,36-,37?,38?/m0/s1. The first-order valence-electron chi connectivity index (χ1n) is 17.9. The van der Waals surface area contributed by atoms with Crippen molar-refractivity contribution in [2.45, 2.75) is 77.0 Å². The highest BCUT2D eigenvalue weighted by Gasteiger charge is 2.44. The topological polar surface area (TPSA) is 85.9 Å². The zero-order valence-corrected chi connectivity index (χ0v) is 31.2. The summed E-state index contributed by atoms with van der Waals surface area (Å²) in [6.07, 6.45) is 2.19. The van der Waals surface area contributed by atoms with Gasteiger partial charge in [0, 0.05) is 25.4 Å². The van der Waals surface area contributed by atoms with E-state index < -0.39 is 37.0 Å². The van der Waals surface area contributed by atoms with Crippen molar-refractivity contribution in [2.75, 3.05) is 24.5 Å². The van der Waals surface area contributed by atoms with Crippen molar-refractivity contribution < 1.29 is 41.7 Å². The summed E-state index contributed by atoms with van der Waals surface area (Å²) in [4.78, 5) is 21.5. The number of nitrogens with zero attached hydrogens (tertiary/aromatic N) is 3. The molecule has 0 spiro atoms. The minimum Gasteiger partial charge on any atom is -0.487 e. The minimum absolute atomic E-state index is 0.113. The van der Waals surface area contributed by atoms with Crippen LogP contribution in [0.5, 0.6) is 11.5 Å². The molecule has 2 bridgehead atoms. The smallest absolute Gasteiger partial charge is 0.414 e. The number of pyridine rings is 1. The Morgan fingerprint density at radius 1 is 0.981 bits per heavy atom. The molecule has 2 unspecified atom stereocenters. The zero-order chi connectivity index (χ0) is 37.9. The van der Waals surface area contributed by atoms with Gasteiger partial charge in [-0.25, -0.2) is 9.18 Å². The summed E-state index contributed by atoms with van der Waals surface area (Å²) in [5, 5.41) is 0.673. The number of amides is 1. The third kappa shape index (κ3) is 9.23. The molecule has 0 aliphatic carbocycles. The molecule has 8 rings (SSSR count). The van der Waals surface area contributed by atoms with Crippen LogP contribution in [-0.4, -0.2) is 60.7 Å². The van der Waals surface area contributed by atoms with Crippen molar-refractivity contribution >= 4 is 35.0 Å². The second kappa shape index (κ2) is 16.7. The van der Waals surface area contributed by atoms with Crippen molar-refractivity contribution in [1.82, 2.24) is 9.88 Å². The predicted octanol–water partition coefficient (Wildman–Crippen LogP) is 9.55. The lowest BCUT2D eigenvalue weighted by Crippen LogP contribution is -2.53. The second-order valence-corrected chi connectivity index (χ2v) is 14.8. The van der Waals surface area contributed by atoms with Gasteiger partial charge in [-0.2, -0.15) is 8.78 Å². The zero-order valence-electron chi connectivity index (χ0n) is 29.7. The number of hydrogen-bond donors (Lipinski definition) is 0. The molecule has 3 aromatic carbocycles. The largest absolute Gasteiger partial charge is 0.487 e. The van der Waals surface area contributed by atoms with Crippen LogP contribution in [0.3, 0.4) is 0 Å². The molecule has 4 aromatic rings. The number of anilines is 1. The van der Waals surface area contributed by atoms with Crippen molar-refractivity contribution in [2.24, 2.45) is 5.92 Å². The summed E-state index contributed by atoms with van der Waals surface area (Å²) in [5.41, 5.74) is 3.13. The molecule has 4 aliphatic rings. The van der Waals surface area contributed by atoms with Gasteiger partial charge in [-0.05, 0) is 98.3 Å². The third-order valence-corrected chi connectivity index (χ3v) is 10.5.